The van der Waals surface area contributed by atoms with Crippen LogP contribution in [0.2, 0.25) is 5.02 Å². The SMILES string of the molecule is CC(C)(C)OC(=O)Cc1ccc([N+](=O)[O-])cc1Cl. The average molecular weight is 272 g/mol. The Morgan fingerprint density at radius 1 is 1.44 bits per heavy atom. The van der Waals surface area contributed by atoms with E-state index in [1.807, 2.05) is 0 Å². The van der Waals surface area contributed by atoms with Crippen LogP contribution in [0.3, 0.4) is 0 Å². The van der Waals surface area contributed by atoms with Gasteiger partial charge >= 0.3 is 5.97 Å². The second-order valence-corrected chi connectivity index (χ2v) is 5.20. The van der Waals surface area contributed by atoms with Crippen LogP contribution in [-0.2, 0) is 16.0 Å². The van der Waals surface area contributed by atoms with Crippen molar-refractivity contribution in [3.05, 3.63) is 38.9 Å². The smallest absolute Gasteiger partial charge is 0.310 e. The number of esters is 1. The van der Waals surface area contributed by atoms with E-state index in [1.54, 1.807) is 20.8 Å². The zero-order valence-corrected chi connectivity index (χ0v) is 11.2. The first-order valence-corrected chi connectivity index (χ1v) is 5.71. The number of carbonyl (C=O) groups excluding carboxylic acids is 1. The van der Waals surface area contributed by atoms with E-state index in [0.29, 0.717) is 5.56 Å². The maximum atomic E-state index is 11.6. The molecule has 1 aromatic carbocycles. The van der Waals surface area contributed by atoms with Crippen molar-refractivity contribution in [2.45, 2.75) is 32.8 Å². The molecule has 0 spiro atoms. The molecule has 0 aliphatic carbocycles. The van der Waals surface area contributed by atoms with E-state index in [0.717, 1.165) is 0 Å². The summed E-state index contributed by atoms with van der Waals surface area (Å²) >= 11 is 5.88. The first-order valence-electron chi connectivity index (χ1n) is 5.34. The molecule has 0 atom stereocenters. The van der Waals surface area contributed by atoms with Crippen LogP contribution in [0.25, 0.3) is 0 Å². The third-order valence-electron chi connectivity index (χ3n) is 2.00. The topological polar surface area (TPSA) is 69.4 Å². The minimum absolute atomic E-state index is 0.00586. The van der Waals surface area contributed by atoms with Crippen LogP contribution in [0.1, 0.15) is 26.3 Å². The van der Waals surface area contributed by atoms with Gasteiger partial charge in [-0.15, -0.1) is 0 Å². The molecule has 0 heterocycles. The predicted octanol–water partition coefficient (Wildman–Crippen LogP) is 3.13. The molecule has 0 bridgehead atoms. The highest BCUT2D eigenvalue weighted by Crippen LogP contribution is 2.23. The first-order chi connectivity index (χ1) is 8.19. The van der Waals surface area contributed by atoms with Crippen LogP contribution < -0.4 is 0 Å². The molecule has 0 saturated heterocycles. The van der Waals surface area contributed by atoms with Crippen molar-refractivity contribution in [3.63, 3.8) is 0 Å². The summed E-state index contributed by atoms with van der Waals surface area (Å²) in [5.74, 6) is -0.418. The number of nitro benzene ring substituents is 1. The standard InChI is InChI=1S/C12H14ClNO4/c1-12(2,3)18-11(15)6-8-4-5-9(14(16)17)7-10(8)13/h4-5,7H,6H2,1-3H3. The van der Waals surface area contributed by atoms with Crippen LogP contribution in [0.15, 0.2) is 18.2 Å². The molecule has 0 fully saturated rings. The molecule has 0 saturated carbocycles. The molecule has 6 heteroatoms. The molecular formula is C12H14ClNO4. The molecule has 1 rings (SSSR count). The fourth-order valence-corrected chi connectivity index (χ4v) is 1.57. The van der Waals surface area contributed by atoms with Crippen molar-refractivity contribution in [1.29, 1.82) is 0 Å². The second kappa shape index (κ2) is 5.35. The number of carbonyl (C=O) groups is 1. The molecule has 0 aliphatic heterocycles. The quantitative estimate of drug-likeness (QED) is 0.481. The Labute approximate surface area is 110 Å². The van der Waals surface area contributed by atoms with E-state index in [9.17, 15) is 14.9 Å². The van der Waals surface area contributed by atoms with Gasteiger partial charge in [0.25, 0.3) is 5.69 Å². The van der Waals surface area contributed by atoms with Crippen molar-refractivity contribution in [1.82, 2.24) is 0 Å². The van der Waals surface area contributed by atoms with Gasteiger partial charge in [-0.25, -0.2) is 0 Å². The number of rotatable bonds is 3. The Bertz CT molecular complexity index is 479. The lowest BCUT2D eigenvalue weighted by Crippen LogP contribution is -2.25. The highest BCUT2D eigenvalue weighted by molar-refractivity contribution is 6.31. The van der Waals surface area contributed by atoms with E-state index in [-0.39, 0.29) is 17.1 Å². The lowest BCUT2D eigenvalue weighted by molar-refractivity contribution is -0.384. The molecule has 0 amide bonds. The van der Waals surface area contributed by atoms with E-state index in [2.05, 4.69) is 0 Å². The number of halogens is 1. The Morgan fingerprint density at radius 3 is 2.50 bits per heavy atom. The number of ether oxygens (including phenoxy) is 1. The monoisotopic (exact) mass is 271 g/mol. The third kappa shape index (κ3) is 4.33. The van der Waals surface area contributed by atoms with Gasteiger partial charge in [-0.05, 0) is 26.3 Å². The van der Waals surface area contributed by atoms with Gasteiger partial charge in [-0.1, -0.05) is 17.7 Å². The number of nitrogens with zero attached hydrogens (tertiary/aromatic N) is 1. The van der Waals surface area contributed by atoms with Crippen molar-refractivity contribution < 1.29 is 14.5 Å². The van der Waals surface area contributed by atoms with E-state index < -0.39 is 16.5 Å². The molecule has 0 N–H and O–H groups in total. The van der Waals surface area contributed by atoms with Crippen LogP contribution >= 0.6 is 11.6 Å². The summed E-state index contributed by atoms with van der Waals surface area (Å²) in [4.78, 5) is 21.6. The van der Waals surface area contributed by atoms with E-state index >= 15 is 0 Å². The van der Waals surface area contributed by atoms with E-state index in [4.69, 9.17) is 16.3 Å². The van der Waals surface area contributed by atoms with Gasteiger partial charge in [0.15, 0.2) is 0 Å². The molecular weight excluding hydrogens is 258 g/mol. The normalized spacial score (nSPS) is 11.1. The van der Waals surface area contributed by atoms with Crippen molar-refractivity contribution in [2.24, 2.45) is 0 Å². The first kappa shape index (κ1) is 14.4. The zero-order chi connectivity index (χ0) is 13.9. The molecule has 0 aromatic heterocycles. The highest BCUT2D eigenvalue weighted by atomic mass is 35.5. The summed E-state index contributed by atoms with van der Waals surface area (Å²) in [6.07, 6.45) is -0.00586. The lowest BCUT2D eigenvalue weighted by Gasteiger charge is -2.19. The largest absolute Gasteiger partial charge is 0.460 e. The van der Waals surface area contributed by atoms with Gasteiger partial charge in [0.2, 0.25) is 0 Å². The Morgan fingerprint density at radius 2 is 2.06 bits per heavy atom. The van der Waals surface area contributed by atoms with Crippen LogP contribution in [0.4, 0.5) is 5.69 Å². The summed E-state index contributed by atoms with van der Waals surface area (Å²) in [5.41, 5.74) is -0.158. The summed E-state index contributed by atoms with van der Waals surface area (Å²) in [6, 6.07) is 4.00. The van der Waals surface area contributed by atoms with Crippen molar-refractivity contribution in [2.75, 3.05) is 0 Å². The van der Waals surface area contributed by atoms with Crippen molar-refractivity contribution >= 4 is 23.3 Å². The number of benzene rings is 1. The van der Waals surface area contributed by atoms with Crippen LogP contribution in [-0.4, -0.2) is 16.5 Å². The second-order valence-electron chi connectivity index (χ2n) is 4.80. The molecule has 18 heavy (non-hydrogen) atoms. The molecule has 98 valence electrons. The van der Waals surface area contributed by atoms with Gasteiger partial charge in [0, 0.05) is 12.1 Å². The number of nitro groups is 1. The molecule has 5 nitrogen and oxygen atoms in total. The third-order valence-corrected chi connectivity index (χ3v) is 2.35. The molecule has 1 aromatic rings. The number of hydrogen-bond acceptors (Lipinski definition) is 4. The number of hydrogen-bond donors (Lipinski definition) is 0. The number of non-ortho nitro benzene ring substituents is 1. The summed E-state index contributed by atoms with van der Waals surface area (Å²) < 4.78 is 5.14. The van der Waals surface area contributed by atoms with Crippen LogP contribution in [0, 0.1) is 10.1 Å². The van der Waals surface area contributed by atoms with Gasteiger partial charge < -0.3 is 4.74 Å². The summed E-state index contributed by atoms with van der Waals surface area (Å²) in [6.45, 7) is 5.30. The average Bonchev–Trinajstić information content (AvgIpc) is 2.17. The Balaban J connectivity index is 2.80. The summed E-state index contributed by atoms with van der Waals surface area (Å²) in [7, 11) is 0. The minimum atomic E-state index is -0.565. The Kier molecular flexibility index (Phi) is 4.29. The van der Waals surface area contributed by atoms with Gasteiger partial charge in [-0.2, -0.15) is 0 Å². The predicted molar refractivity (Wildman–Crippen MR) is 67.7 cm³/mol. The van der Waals surface area contributed by atoms with E-state index in [1.165, 1.54) is 18.2 Å². The fourth-order valence-electron chi connectivity index (χ4n) is 1.33. The minimum Gasteiger partial charge on any atom is -0.460 e. The van der Waals surface area contributed by atoms with Crippen LogP contribution in [0.5, 0.6) is 0 Å². The molecule has 0 aliphatic rings. The zero-order valence-electron chi connectivity index (χ0n) is 10.4. The lowest BCUT2D eigenvalue weighted by atomic mass is 10.1. The molecule has 0 radical (unpaired) electrons. The summed E-state index contributed by atoms with van der Waals surface area (Å²) in [5, 5.41) is 10.7. The van der Waals surface area contributed by atoms with Gasteiger partial charge in [0.05, 0.1) is 16.4 Å². The maximum Gasteiger partial charge on any atom is 0.310 e. The maximum absolute atomic E-state index is 11.6. The van der Waals surface area contributed by atoms with Gasteiger partial charge in [-0.3, -0.25) is 14.9 Å². The Hall–Kier alpha value is -1.62. The highest BCUT2D eigenvalue weighted by Gasteiger charge is 2.18. The van der Waals surface area contributed by atoms with Gasteiger partial charge in [0.1, 0.15) is 5.60 Å². The molecule has 0 unspecified atom stereocenters. The fraction of sp³-hybridized carbons (Fsp3) is 0.417. The van der Waals surface area contributed by atoms with Crippen molar-refractivity contribution in [3.8, 4) is 0 Å².